The summed E-state index contributed by atoms with van der Waals surface area (Å²) in [6, 6.07) is 8.31. The van der Waals surface area contributed by atoms with E-state index in [1.54, 1.807) is 0 Å². The van der Waals surface area contributed by atoms with Crippen molar-refractivity contribution in [2.45, 2.75) is 12.8 Å². The number of rotatable bonds is 0. The van der Waals surface area contributed by atoms with Gasteiger partial charge in [-0.2, -0.15) is 0 Å². The number of hydrogen-bond acceptors (Lipinski definition) is 1. The maximum absolute atomic E-state index is 5.11. The molecule has 1 aromatic rings. The van der Waals surface area contributed by atoms with Crippen molar-refractivity contribution >= 4 is 23.0 Å². The molecule has 3 heteroatoms. The molecule has 0 bridgehead atoms. The molecule has 0 radical (unpaired) electrons. The highest BCUT2D eigenvalue weighted by Crippen LogP contribution is 2.17. The number of anilines is 1. The lowest BCUT2D eigenvalue weighted by atomic mass is 10.1. The van der Waals surface area contributed by atoms with E-state index in [2.05, 4.69) is 28.8 Å². The zero-order valence-corrected chi connectivity index (χ0v) is 8.16. The Kier molecular flexibility index (Phi) is 2.45. The van der Waals surface area contributed by atoms with Gasteiger partial charge >= 0.3 is 0 Å². The topological polar surface area (TPSA) is 24.1 Å². The summed E-state index contributed by atoms with van der Waals surface area (Å²) < 4.78 is 0. The van der Waals surface area contributed by atoms with E-state index in [0.717, 1.165) is 30.2 Å². The van der Waals surface area contributed by atoms with E-state index in [-0.39, 0.29) is 0 Å². The fourth-order valence-corrected chi connectivity index (χ4v) is 1.72. The average molecular weight is 192 g/mol. The minimum atomic E-state index is 0.729. The number of fused-ring (bicyclic) bond motifs is 1. The third kappa shape index (κ3) is 1.98. The van der Waals surface area contributed by atoms with E-state index in [4.69, 9.17) is 12.2 Å². The molecule has 0 aliphatic carbocycles. The Hall–Kier alpha value is -1.09. The smallest absolute Gasteiger partial charge is 0.170 e. The lowest BCUT2D eigenvalue weighted by Gasteiger charge is -2.17. The van der Waals surface area contributed by atoms with Crippen molar-refractivity contribution in [3.8, 4) is 0 Å². The van der Waals surface area contributed by atoms with Crippen LogP contribution < -0.4 is 10.6 Å². The largest absolute Gasteiger partial charge is 0.362 e. The fourth-order valence-electron chi connectivity index (χ4n) is 1.51. The van der Waals surface area contributed by atoms with E-state index in [1.807, 2.05) is 6.07 Å². The van der Waals surface area contributed by atoms with Crippen LogP contribution >= 0.6 is 12.2 Å². The van der Waals surface area contributed by atoms with Crippen LogP contribution in [0.2, 0.25) is 0 Å². The molecule has 0 atom stereocenters. The molecule has 68 valence electrons. The minimum absolute atomic E-state index is 0.729. The highest BCUT2D eigenvalue weighted by Gasteiger charge is 2.06. The molecule has 2 nitrogen and oxygen atoms in total. The van der Waals surface area contributed by atoms with Gasteiger partial charge in [0, 0.05) is 12.2 Å². The second kappa shape index (κ2) is 3.75. The number of hydrogen-bond donors (Lipinski definition) is 2. The molecular weight excluding hydrogens is 180 g/mol. The Balaban J connectivity index is 2.30. The lowest BCUT2D eigenvalue weighted by Crippen LogP contribution is -2.31. The van der Waals surface area contributed by atoms with Crippen LogP contribution in [0.5, 0.6) is 0 Å². The third-order valence-corrected chi connectivity index (χ3v) is 2.42. The van der Waals surface area contributed by atoms with Crippen LogP contribution in [0.4, 0.5) is 5.69 Å². The first kappa shape index (κ1) is 8.51. The quantitative estimate of drug-likeness (QED) is 0.614. The normalized spacial score (nSPS) is 16.2. The number of nitrogens with one attached hydrogen (secondary N) is 2. The van der Waals surface area contributed by atoms with Gasteiger partial charge in [-0.25, -0.2) is 0 Å². The highest BCUT2D eigenvalue weighted by atomic mass is 32.1. The molecular formula is C10H12N2S. The molecule has 0 saturated carbocycles. The molecule has 1 aromatic carbocycles. The van der Waals surface area contributed by atoms with Gasteiger partial charge in [0.15, 0.2) is 5.11 Å². The summed E-state index contributed by atoms with van der Waals surface area (Å²) in [5.41, 5.74) is 2.49. The number of benzene rings is 1. The summed E-state index contributed by atoms with van der Waals surface area (Å²) in [4.78, 5) is 0. The van der Waals surface area contributed by atoms with Crippen LogP contribution in [-0.4, -0.2) is 11.7 Å². The predicted molar refractivity (Wildman–Crippen MR) is 59.0 cm³/mol. The van der Waals surface area contributed by atoms with E-state index in [1.165, 1.54) is 5.56 Å². The molecule has 2 rings (SSSR count). The molecule has 13 heavy (non-hydrogen) atoms. The summed E-state index contributed by atoms with van der Waals surface area (Å²) in [6.07, 6.45) is 2.25. The van der Waals surface area contributed by atoms with Crippen LogP contribution in [0.15, 0.2) is 24.3 Å². The van der Waals surface area contributed by atoms with Crippen molar-refractivity contribution in [2.75, 3.05) is 11.9 Å². The van der Waals surface area contributed by atoms with E-state index < -0.39 is 0 Å². The Morgan fingerprint density at radius 2 is 2.08 bits per heavy atom. The molecule has 1 aliphatic heterocycles. The van der Waals surface area contributed by atoms with E-state index >= 15 is 0 Å². The number of thiocarbonyl (C=S) groups is 1. The van der Waals surface area contributed by atoms with Gasteiger partial charge in [0.05, 0.1) is 0 Å². The van der Waals surface area contributed by atoms with Crippen LogP contribution in [0.3, 0.4) is 0 Å². The standard InChI is InChI=1S/C10H12N2S/c13-10-11-7-3-5-8-4-1-2-6-9(8)12-10/h1-2,4,6H,3,5,7H2,(H2,11,12,13). The first-order valence-corrected chi connectivity index (χ1v) is 4.90. The summed E-state index contributed by atoms with van der Waals surface area (Å²) in [7, 11) is 0. The molecule has 0 fully saturated rings. The van der Waals surface area contributed by atoms with Gasteiger partial charge in [0.2, 0.25) is 0 Å². The van der Waals surface area contributed by atoms with Gasteiger partial charge in [-0.15, -0.1) is 0 Å². The monoisotopic (exact) mass is 192 g/mol. The summed E-state index contributed by atoms with van der Waals surface area (Å²) >= 11 is 5.11. The van der Waals surface area contributed by atoms with Crippen LogP contribution in [0.25, 0.3) is 0 Å². The second-order valence-corrected chi connectivity index (χ2v) is 3.55. The van der Waals surface area contributed by atoms with Gasteiger partial charge in [-0.05, 0) is 36.7 Å². The molecule has 1 aliphatic rings. The molecule has 0 aromatic heterocycles. The fraction of sp³-hybridized carbons (Fsp3) is 0.300. The van der Waals surface area contributed by atoms with E-state index in [9.17, 15) is 0 Å². The van der Waals surface area contributed by atoms with Crippen LogP contribution in [0.1, 0.15) is 12.0 Å². The Labute approximate surface area is 83.3 Å². The van der Waals surface area contributed by atoms with Crippen molar-refractivity contribution < 1.29 is 0 Å². The van der Waals surface area contributed by atoms with Crippen LogP contribution in [-0.2, 0) is 6.42 Å². The van der Waals surface area contributed by atoms with Crippen molar-refractivity contribution in [1.82, 2.24) is 5.32 Å². The van der Waals surface area contributed by atoms with Crippen molar-refractivity contribution in [1.29, 1.82) is 0 Å². The second-order valence-electron chi connectivity index (χ2n) is 3.14. The molecule has 0 unspecified atom stereocenters. The van der Waals surface area contributed by atoms with Crippen molar-refractivity contribution in [3.63, 3.8) is 0 Å². The highest BCUT2D eigenvalue weighted by molar-refractivity contribution is 7.80. The molecule has 0 amide bonds. The first-order valence-electron chi connectivity index (χ1n) is 4.49. The Morgan fingerprint density at radius 1 is 1.23 bits per heavy atom. The zero-order valence-electron chi connectivity index (χ0n) is 7.34. The third-order valence-electron chi connectivity index (χ3n) is 2.17. The van der Waals surface area contributed by atoms with Gasteiger partial charge in [-0.3, -0.25) is 0 Å². The maximum Gasteiger partial charge on any atom is 0.170 e. The van der Waals surface area contributed by atoms with E-state index in [0.29, 0.717) is 0 Å². The minimum Gasteiger partial charge on any atom is -0.362 e. The summed E-state index contributed by atoms with van der Waals surface area (Å²) in [6.45, 7) is 0.958. The molecule has 0 saturated heterocycles. The van der Waals surface area contributed by atoms with Crippen molar-refractivity contribution in [3.05, 3.63) is 29.8 Å². The molecule has 0 spiro atoms. The predicted octanol–water partition coefficient (Wildman–Crippen LogP) is 1.92. The summed E-state index contributed by atoms with van der Waals surface area (Å²) in [5, 5.41) is 7.06. The molecule has 1 heterocycles. The number of aryl methyl sites for hydroxylation is 1. The lowest BCUT2D eigenvalue weighted by molar-refractivity contribution is 0.771. The molecule has 2 N–H and O–H groups in total. The summed E-state index contributed by atoms with van der Waals surface area (Å²) in [5.74, 6) is 0. The Bertz CT molecular complexity index is 322. The average Bonchev–Trinajstić information content (AvgIpc) is 2.11. The maximum atomic E-state index is 5.11. The van der Waals surface area contributed by atoms with Gasteiger partial charge in [-0.1, -0.05) is 18.2 Å². The van der Waals surface area contributed by atoms with Gasteiger partial charge in [0.25, 0.3) is 0 Å². The SMILES string of the molecule is S=C1NCCCc2ccccc2N1. The zero-order chi connectivity index (χ0) is 9.10. The van der Waals surface area contributed by atoms with Crippen LogP contribution in [0, 0.1) is 0 Å². The number of para-hydroxylation sites is 1. The first-order chi connectivity index (χ1) is 6.36. The van der Waals surface area contributed by atoms with Gasteiger partial charge < -0.3 is 10.6 Å². The Morgan fingerprint density at radius 3 is 3.00 bits per heavy atom. The van der Waals surface area contributed by atoms with Gasteiger partial charge in [0.1, 0.15) is 0 Å². The van der Waals surface area contributed by atoms with Crippen molar-refractivity contribution in [2.24, 2.45) is 0 Å².